The minimum atomic E-state index is -4.49. The van der Waals surface area contributed by atoms with Gasteiger partial charge in [0.2, 0.25) is 6.41 Å². The summed E-state index contributed by atoms with van der Waals surface area (Å²) in [6.07, 6.45) is -3.75. The SMILES string of the molecule is Cc1nnc2nc(NC(C)c3cc(N)cc(C(F)(F)F)c3)c3c(n12)CN(C=O)C3. The second kappa shape index (κ2) is 6.61. The van der Waals surface area contributed by atoms with Gasteiger partial charge < -0.3 is 16.0 Å². The molecule has 1 amide bonds. The molecule has 1 aromatic carbocycles. The zero-order valence-electron chi connectivity index (χ0n) is 15.7. The van der Waals surface area contributed by atoms with Crippen LogP contribution in [0.1, 0.15) is 41.2 Å². The summed E-state index contributed by atoms with van der Waals surface area (Å²) in [6.45, 7) is 4.21. The molecule has 8 nitrogen and oxygen atoms in total. The summed E-state index contributed by atoms with van der Waals surface area (Å²) in [5.74, 6) is 1.45. The lowest BCUT2D eigenvalue weighted by atomic mass is 10.0. The summed E-state index contributed by atoms with van der Waals surface area (Å²) in [4.78, 5) is 17.3. The van der Waals surface area contributed by atoms with E-state index >= 15 is 0 Å². The number of nitrogen functional groups attached to an aromatic ring is 1. The number of hydrogen-bond acceptors (Lipinski definition) is 6. The van der Waals surface area contributed by atoms with Gasteiger partial charge in [-0.1, -0.05) is 0 Å². The van der Waals surface area contributed by atoms with E-state index in [1.165, 1.54) is 6.07 Å². The van der Waals surface area contributed by atoms with E-state index in [9.17, 15) is 18.0 Å². The molecule has 11 heteroatoms. The van der Waals surface area contributed by atoms with E-state index in [4.69, 9.17) is 5.73 Å². The highest BCUT2D eigenvalue weighted by atomic mass is 19.4. The maximum atomic E-state index is 13.1. The summed E-state index contributed by atoms with van der Waals surface area (Å²) < 4.78 is 41.2. The van der Waals surface area contributed by atoms with Crippen LogP contribution in [0.15, 0.2) is 18.2 Å². The Balaban J connectivity index is 1.74. The van der Waals surface area contributed by atoms with Crippen LogP contribution in [0, 0.1) is 6.92 Å². The molecule has 0 saturated heterocycles. The van der Waals surface area contributed by atoms with E-state index in [-0.39, 0.29) is 5.69 Å². The normalized spacial score (nSPS) is 14.9. The third-order valence-electron chi connectivity index (χ3n) is 4.95. The topological polar surface area (TPSA) is 101 Å². The highest BCUT2D eigenvalue weighted by molar-refractivity contribution is 5.59. The molecule has 1 aliphatic heterocycles. The van der Waals surface area contributed by atoms with Gasteiger partial charge in [0.25, 0.3) is 5.78 Å². The first-order valence-electron chi connectivity index (χ1n) is 8.84. The van der Waals surface area contributed by atoms with Crippen molar-refractivity contribution < 1.29 is 18.0 Å². The molecule has 0 saturated carbocycles. The third-order valence-corrected chi connectivity index (χ3v) is 4.95. The molecule has 1 aliphatic rings. The van der Waals surface area contributed by atoms with E-state index in [2.05, 4.69) is 20.5 Å². The van der Waals surface area contributed by atoms with Gasteiger partial charge in [-0.05, 0) is 37.6 Å². The van der Waals surface area contributed by atoms with Crippen molar-refractivity contribution in [1.82, 2.24) is 24.5 Å². The third kappa shape index (κ3) is 3.32. The molecular formula is C18H18F3N7O. The van der Waals surface area contributed by atoms with E-state index in [1.54, 1.807) is 23.1 Å². The first-order valence-corrected chi connectivity index (χ1v) is 8.84. The van der Waals surface area contributed by atoms with E-state index in [1.807, 2.05) is 0 Å². The average molecular weight is 405 g/mol. The summed E-state index contributed by atoms with van der Waals surface area (Å²) in [5, 5.41) is 11.2. The molecule has 3 N–H and O–H groups in total. The van der Waals surface area contributed by atoms with Gasteiger partial charge in [0.05, 0.1) is 30.4 Å². The van der Waals surface area contributed by atoms with Crippen molar-refractivity contribution in [3.63, 3.8) is 0 Å². The number of nitrogens with zero attached hydrogens (tertiary/aromatic N) is 5. The molecule has 29 heavy (non-hydrogen) atoms. The number of amides is 1. The van der Waals surface area contributed by atoms with Gasteiger partial charge in [0, 0.05) is 11.3 Å². The van der Waals surface area contributed by atoms with Gasteiger partial charge in [-0.25, -0.2) is 0 Å². The molecule has 0 aliphatic carbocycles. The molecule has 0 fully saturated rings. The Morgan fingerprint density at radius 2 is 2.00 bits per heavy atom. The monoisotopic (exact) mass is 405 g/mol. The quantitative estimate of drug-likeness (QED) is 0.511. The Morgan fingerprint density at radius 1 is 1.24 bits per heavy atom. The lowest BCUT2D eigenvalue weighted by Crippen LogP contribution is -2.15. The van der Waals surface area contributed by atoms with Crippen molar-refractivity contribution in [3.05, 3.63) is 46.4 Å². The number of aromatic nitrogens is 4. The Morgan fingerprint density at radius 3 is 2.69 bits per heavy atom. The van der Waals surface area contributed by atoms with Crippen LogP contribution in [0.3, 0.4) is 0 Å². The van der Waals surface area contributed by atoms with Crippen LogP contribution in [0.4, 0.5) is 24.7 Å². The minimum Gasteiger partial charge on any atom is -0.399 e. The first kappa shape index (κ1) is 19.0. The summed E-state index contributed by atoms with van der Waals surface area (Å²) in [6, 6.07) is 2.93. The van der Waals surface area contributed by atoms with E-state index in [0.717, 1.165) is 29.8 Å². The van der Waals surface area contributed by atoms with Gasteiger partial charge in [-0.3, -0.25) is 9.20 Å². The van der Waals surface area contributed by atoms with Crippen LogP contribution in [-0.4, -0.2) is 30.9 Å². The maximum Gasteiger partial charge on any atom is 0.416 e. The number of nitrogens with one attached hydrogen (secondary N) is 1. The highest BCUT2D eigenvalue weighted by Crippen LogP contribution is 2.35. The molecule has 152 valence electrons. The zero-order valence-corrected chi connectivity index (χ0v) is 15.7. The number of benzene rings is 1. The fourth-order valence-corrected chi connectivity index (χ4v) is 3.53. The van der Waals surface area contributed by atoms with Crippen molar-refractivity contribution in [3.8, 4) is 0 Å². The largest absolute Gasteiger partial charge is 0.416 e. The number of anilines is 2. The molecule has 0 bridgehead atoms. The Kier molecular flexibility index (Phi) is 4.32. The number of halogens is 3. The summed E-state index contributed by atoms with van der Waals surface area (Å²) in [5.41, 5.74) is 6.87. The molecule has 0 spiro atoms. The second-order valence-corrected chi connectivity index (χ2v) is 7.03. The summed E-state index contributed by atoms with van der Waals surface area (Å²) in [7, 11) is 0. The Bertz CT molecular complexity index is 1110. The molecule has 0 radical (unpaired) electrons. The minimum absolute atomic E-state index is 0.0253. The molecular weight excluding hydrogens is 387 g/mol. The second-order valence-electron chi connectivity index (χ2n) is 7.03. The molecule has 1 unspecified atom stereocenters. The van der Waals surface area contributed by atoms with Gasteiger partial charge in [0.15, 0.2) is 0 Å². The molecule has 2 aromatic heterocycles. The van der Waals surface area contributed by atoms with Crippen LogP contribution >= 0.6 is 0 Å². The van der Waals surface area contributed by atoms with Gasteiger partial charge in [-0.2, -0.15) is 18.2 Å². The van der Waals surface area contributed by atoms with Crippen LogP contribution in [-0.2, 0) is 24.1 Å². The number of fused-ring (bicyclic) bond motifs is 3. The standard InChI is InChI=1S/C18H18F3N7O/c1-9(11-3-12(18(19,20)21)5-13(22)4-11)23-16-14-6-27(8-29)7-15(14)28-10(2)25-26-17(28)24-16/h3-5,8-9H,6-7,22H2,1-2H3,(H,23,24,26). The maximum absolute atomic E-state index is 13.1. The zero-order chi connectivity index (χ0) is 20.9. The number of hydrogen-bond donors (Lipinski definition) is 2. The molecule has 3 aromatic rings. The molecule has 4 rings (SSSR count). The summed E-state index contributed by atoms with van der Waals surface area (Å²) >= 11 is 0. The molecule has 3 heterocycles. The lowest BCUT2D eigenvalue weighted by molar-refractivity contribution is -0.137. The van der Waals surface area contributed by atoms with Crippen molar-refractivity contribution in [2.45, 2.75) is 39.2 Å². The fraction of sp³-hybridized carbons (Fsp3) is 0.333. The first-order chi connectivity index (χ1) is 13.7. The number of rotatable bonds is 4. The van der Waals surface area contributed by atoms with Gasteiger partial charge in [-0.15, -0.1) is 10.2 Å². The van der Waals surface area contributed by atoms with E-state index in [0.29, 0.717) is 36.1 Å². The van der Waals surface area contributed by atoms with Crippen molar-refractivity contribution >= 4 is 23.7 Å². The van der Waals surface area contributed by atoms with Crippen LogP contribution in [0.25, 0.3) is 5.78 Å². The van der Waals surface area contributed by atoms with Crippen LogP contribution in [0.2, 0.25) is 0 Å². The Hall–Kier alpha value is -3.37. The van der Waals surface area contributed by atoms with Gasteiger partial charge >= 0.3 is 6.18 Å². The average Bonchev–Trinajstić information content (AvgIpc) is 3.24. The smallest absolute Gasteiger partial charge is 0.399 e. The number of carbonyl (C=O) groups is 1. The fourth-order valence-electron chi connectivity index (χ4n) is 3.53. The molecule has 1 atom stereocenters. The highest BCUT2D eigenvalue weighted by Gasteiger charge is 2.32. The Labute approximate surface area is 163 Å². The van der Waals surface area contributed by atoms with E-state index < -0.39 is 17.8 Å². The number of aryl methyl sites for hydroxylation is 1. The predicted molar refractivity (Wildman–Crippen MR) is 98.7 cm³/mol. The number of carbonyl (C=O) groups excluding carboxylic acids is 1. The van der Waals surface area contributed by atoms with Crippen LogP contribution in [0.5, 0.6) is 0 Å². The van der Waals surface area contributed by atoms with Crippen molar-refractivity contribution in [2.75, 3.05) is 11.1 Å². The predicted octanol–water partition coefficient (Wildman–Crippen LogP) is 2.68. The van der Waals surface area contributed by atoms with Gasteiger partial charge in [0.1, 0.15) is 11.6 Å². The van der Waals surface area contributed by atoms with Crippen molar-refractivity contribution in [2.24, 2.45) is 0 Å². The van der Waals surface area contributed by atoms with Crippen LogP contribution < -0.4 is 11.1 Å². The number of alkyl halides is 3. The number of nitrogens with two attached hydrogens (primary N) is 1. The lowest BCUT2D eigenvalue weighted by Gasteiger charge is -2.19. The van der Waals surface area contributed by atoms with Crippen molar-refractivity contribution in [1.29, 1.82) is 0 Å².